The van der Waals surface area contributed by atoms with E-state index in [4.69, 9.17) is 16.1 Å². The maximum atomic E-state index is 12.9. The molecule has 0 unspecified atom stereocenters. The highest BCUT2D eigenvalue weighted by molar-refractivity contribution is 6.31. The van der Waals surface area contributed by atoms with E-state index in [9.17, 15) is 4.79 Å². The number of nitrogens with one attached hydrogen (secondary N) is 1. The summed E-state index contributed by atoms with van der Waals surface area (Å²) in [5, 5.41) is 11.9. The number of nitrogens with zero attached hydrogens (tertiary/aromatic N) is 4. The van der Waals surface area contributed by atoms with Crippen LogP contribution in [-0.2, 0) is 13.0 Å². The molecule has 31 heavy (non-hydrogen) atoms. The minimum Gasteiger partial charge on any atom is -0.361 e. The molecule has 1 N–H and O–H groups in total. The van der Waals surface area contributed by atoms with Crippen LogP contribution in [0.5, 0.6) is 0 Å². The molecule has 0 saturated heterocycles. The average Bonchev–Trinajstić information content (AvgIpc) is 3.25. The first kappa shape index (κ1) is 20.8. The molecule has 0 aliphatic carbocycles. The summed E-state index contributed by atoms with van der Waals surface area (Å²) in [4.78, 5) is 16.9. The number of aryl methyl sites for hydroxylation is 2. The van der Waals surface area contributed by atoms with Gasteiger partial charge in [0.1, 0.15) is 5.76 Å². The Morgan fingerprint density at radius 3 is 2.39 bits per heavy atom. The lowest BCUT2D eigenvalue weighted by Gasteiger charge is -2.08. The van der Waals surface area contributed by atoms with Gasteiger partial charge >= 0.3 is 0 Å². The van der Waals surface area contributed by atoms with Gasteiger partial charge in [-0.2, -0.15) is 5.10 Å². The highest BCUT2D eigenvalue weighted by atomic mass is 35.5. The van der Waals surface area contributed by atoms with Crippen LogP contribution in [0.2, 0.25) is 5.02 Å². The Morgan fingerprint density at radius 1 is 1.06 bits per heavy atom. The van der Waals surface area contributed by atoms with Crippen molar-refractivity contribution in [1.29, 1.82) is 0 Å². The molecule has 1 amide bonds. The summed E-state index contributed by atoms with van der Waals surface area (Å²) in [7, 11) is 0. The van der Waals surface area contributed by atoms with Crippen molar-refractivity contribution in [2.75, 3.05) is 5.32 Å². The number of benzene rings is 1. The average molecular weight is 436 g/mol. The molecule has 0 bridgehead atoms. The van der Waals surface area contributed by atoms with E-state index in [0.29, 0.717) is 28.6 Å². The van der Waals surface area contributed by atoms with E-state index >= 15 is 0 Å². The zero-order valence-electron chi connectivity index (χ0n) is 17.5. The Labute approximate surface area is 185 Å². The Hall–Kier alpha value is -3.45. The topological polar surface area (TPSA) is 85.8 Å². The molecule has 0 aliphatic rings. The first-order valence-electron chi connectivity index (χ1n) is 9.86. The molecule has 0 fully saturated rings. The van der Waals surface area contributed by atoms with Crippen LogP contribution >= 0.6 is 11.6 Å². The van der Waals surface area contributed by atoms with Crippen LogP contribution < -0.4 is 5.32 Å². The summed E-state index contributed by atoms with van der Waals surface area (Å²) in [6.45, 7) is 5.86. The lowest BCUT2D eigenvalue weighted by molar-refractivity contribution is 0.101. The molecule has 158 valence electrons. The second kappa shape index (κ2) is 8.73. The van der Waals surface area contributed by atoms with Crippen molar-refractivity contribution in [3.05, 3.63) is 93.3 Å². The maximum absolute atomic E-state index is 12.9. The minimum absolute atomic E-state index is 0.238. The van der Waals surface area contributed by atoms with Crippen LogP contribution in [0.1, 0.15) is 44.3 Å². The van der Waals surface area contributed by atoms with Crippen molar-refractivity contribution in [1.82, 2.24) is 19.9 Å². The summed E-state index contributed by atoms with van der Waals surface area (Å²) in [6.07, 6.45) is 4.36. The van der Waals surface area contributed by atoms with Crippen LogP contribution in [0.4, 0.5) is 5.69 Å². The van der Waals surface area contributed by atoms with Crippen LogP contribution in [0, 0.1) is 20.8 Å². The molecule has 4 rings (SSSR count). The number of amides is 1. The third-order valence-electron chi connectivity index (χ3n) is 5.17. The van der Waals surface area contributed by atoms with E-state index in [2.05, 4.69) is 20.6 Å². The second-order valence-electron chi connectivity index (χ2n) is 7.39. The van der Waals surface area contributed by atoms with Gasteiger partial charge in [0, 0.05) is 23.6 Å². The lowest BCUT2D eigenvalue weighted by atomic mass is 10.1. The van der Waals surface area contributed by atoms with Crippen molar-refractivity contribution in [3.63, 3.8) is 0 Å². The number of rotatable bonds is 6. The van der Waals surface area contributed by atoms with Crippen molar-refractivity contribution in [3.8, 4) is 0 Å². The number of aromatic nitrogens is 4. The molecular weight excluding hydrogens is 414 g/mol. The zero-order chi connectivity index (χ0) is 22.0. The van der Waals surface area contributed by atoms with Gasteiger partial charge in [-0.3, -0.25) is 14.5 Å². The van der Waals surface area contributed by atoms with Gasteiger partial charge in [0.25, 0.3) is 5.91 Å². The molecule has 0 saturated carbocycles. The molecule has 4 aromatic rings. The molecule has 0 spiro atoms. The molecular formula is C23H22ClN5O2. The molecule has 7 nitrogen and oxygen atoms in total. The Bertz CT molecular complexity index is 1210. The van der Waals surface area contributed by atoms with E-state index in [1.54, 1.807) is 24.0 Å². The first-order valence-corrected chi connectivity index (χ1v) is 10.2. The minimum atomic E-state index is -0.332. The van der Waals surface area contributed by atoms with E-state index in [-0.39, 0.29) is 11.6 Å². The number of carbonyl (C=O) groups is 1. The van der Waals surface area contributed by atoms with Gasteiger partial charge < -0.3 is 9.84 Å². The van der Waals surface area contributed by atoms with Crippen LogP contribution in [-0.4, -0.2) is 25.8 Å². The predicted molar refractivity (Wildman–Crippen MR) is 118 cm³/mol. The molecule has 1 aromatic carbocycles. The van der Waals surface area contributed by atoms with Gasteiger partial charge in [-0.05, 0) is 62.6 Å². The molecule has 8 heteroatoms. The van der Waals surface area contributed by atoms with Crippen molar-refractivity contribution in [2.45, 2.75) is 33.7 Å². The van der Waals surface area contributed by atoms with E-state index in [0.717, 1.165) is 23.4 Å². The SMILES string of the molecule is Cc1nn(Cc2c(C(=O)Nc3ccc(Cc4ccncc4)cc3)noc2C)c(C)c1Cl. The van der Waals surface area contributed by atoms with Gasteiger partial charge in [-0.1, -0.05) is 28.9 Å². The predicted octanol–water partition coefficient (Wildman–Crippen LogP) is 4.74. The van der Waals surface area contributed by atoms with Gasteiger partial charge in [0.15, 0.2) is 5.69 Å². The van der Waals surface area contributed by atoms with Crippen LogP contribution in [0.15, 0.2) is 53.3 Å². The first-order chi connectivity index (χ1) is 14.9. The maximum Gasteiger partial charge on any atom is 0.278 e. The second-order valence-corrected chi connectivity index (χ2v) is 7.77. The summed E-state index contributed by atoms with van der Waals surface area (Å²) in [5.41, 5.74) is 5.49. The van der Waals surface area contributed by atoms with Crippen molar-refractivity contribution in [2.24, 2.45) is 0 Å². The van der Waals surface area contributed by atoms with Crippen molar-refractivity contribution < 1.29 is 9.32 Å². The van der Waals surface area contributed by atoms with Gasteiger partial charge in [0.05, 0.1) is 23.0 Å². The number of carbonyl (C=O) groups excluding carboxylic acids is 1. The van der Waals surface area contributed by atoms with E-state index in [1.165, 1.54) is 5.56 Å². The van der Waals surface area contributed by atoms with E-state index < -0.39 is 0 Å². The Kier molecular flexibility index (Phi) is 5.86. The highest BCUT2D eigenvalue weighted by Crippen LogP contribution is 2.23. The highest BCUT2D eigenvalue weighted by Gasteiger charge is 2.22. The van der Waals surface area contributed by atoms with Crippen LogP contribution in [0.3, 0.4) is 0 Å². The molecule has 3 heterocycles. The lowest BCUT2D eigenvalue weighted by Crippen LogP contribution is -2.16. The number of halogens is 1. The van der Waals surface area contributed by atoms with Gasteiger partial charge in [-0.25, -0.2) is 0 Å². The fourth-order valence-corrected chi connectivity index (χ4v) is 3.50. The molecule has 3 aromatic heterocycles. The smallest absolute Gasteiger partial charge is 0.278 e. The number of pyridine rings is 1. The zero-order valence-corrected chi connectivity index (χ0v) is 18.3. The third kappa shape index (κ3) is 4.51. The van der Waals surface area contributed by atoms with E-state index in [1.807, 2.05) is 50.2 Å². The standard InChI is InChI=1S/C23H22ClN5O2/c1-14-21(24)15(2)29(27-14)13-20-16(3)31-28-22(20)23(30)26-19-6-4-17(5-7-19)12-18-8-10-25-11-9-18/h4-11H,12-13H2,1-3H3,(H,26,30). The normalized spacial score (nSPS) is 11.0. The quantitative estimate of drug-likeness (QED) is 0.473. The van der Waals surface area contributed by atoms with Gasteiger partial charge in [-0.15, -0.1) is 0 Å². The summed E-state index contributed by atoms with van der Waals surface area (Å²) >= 11 is 6.25. The summed E-state index contributed by atoms with van der Waals surface area (Å²) < 4.78 is 7.05. The fourth-order valence-electron chi connectivity index (χ4n) is 3.37. The van der Waals surface area contributed by atoms with Crippen molar-refractivity contribution >= 4 is 23.2 Å². The van der Waals surface area contributed by atoms with Gasteiger partial charge in [0.2, 0.25) is 0 Å². The Balaban J connectivity index is 1.48. The molecule has 0 radical (unpaired) electrons. The monoisotopic (exact) mass is 435 g/mol. The van der Waals surface area contributed by atoms with Crippen LogP contribution in [0.25, 0.3) is 0 Å². The fraction of sp³-hybridized carbons (Fsp3) is 0.217. The Morgan fingerprint density at radius 2 is 1.74 bits per heavy atom. The summed E-state index contributed by atoms with van der Waals surface area (Å²) in [5.74, 6) is 0.239. The molecule has 0 atom stereocenters. The third-order valence-corrected chi connectivity index (χ3v) is 5.72. The summed E-state index contributed by atoms with van der Waals surface area (Å²) in [6, 6.07) is 11.7. The number of hydrogen-bond acceptors (Lipinski definition) is 5. The largest absolute Gasteiger partial charge is 0.361 e. The number of anilines is 1. The molecule has 0 aliphatic heterocycles. The number of hydrogen-bond donors (Lipinski definition) is 1.